The first-order valence-electron chi connectivity index (χ1n) is 4.86. The van der Waals surface area contributed by atoms with Crippen LogP contribution in [-0.2, 0) is 4.74 Å². The minimum absolute atomic E-state index is 0.0273. The Hall–Kier alpha value is -0.650. The molecule has 0 fully saturated rings. The monoisotopic (exact) mass is 262 g/mol. The van der Waals surface area contributed by atoms with Crippen LogP contribution in [0.5, 0.6) is 0 Å². The number of ether oxygens (including phenoxy) is 1. The summed E-state index contributed by atoms with van der Waals surface area (Å²) in [5, 5.41) is 2.54. The predicted molar refractivity (Wildman–Crippen MR) is 66.9 cm³/mol. The van der Waals surface area contributed by atoms with Gasteiger partial charge in [0.2, 0.25) is 0 Å². The zero-order valence-corrected chi connectivity index (χ0v) is 11.1. The molecule has 0 aliphatic carbocycles. The Kier molecular flexibility index (Phi) is 5.18. The molecule has 0 bridgehead atoms. The van der Waals surface area contributed by atoms with E-state index in [0.29, 0.717) is 12.3 Å². The fraction of sp³-hybridized carbons (Fsp3) is 0.600. The molecule has 0 N–H and O–H groups in total. The normalized spacial score (nSPS) is 12.5. The number of alkyl halides is 1. The zero-order valence-electron chi connectivity index (χ0n) is 9.57. The number of thiazole rings is 1. The molecule has 0 spiro atoms. The van der Waals surface area contributed by atoms with Gasteiger partial charge in [0.15, 0.2) is 10.9 Å². The third-order valence-electron chi connectivity index (χ3n) is 2.27. The number of nitrogens with zero attached hydrogens (tertiary/aromatic N) is 2. The SMILES string of the molecule is COCC(C)N(C)c1nc(C(=O)CCl)cs1. The van der Waals surface area contributed by atoms with E-state index >= 15 is 0 Å². The van der Waals surface area contributed by atoms with Crippen LogP contribution in [0.2, 0.25) is 0 Å². The van der Waals surface area contributed by atoms with Crippen molar-refractivity contribution in [2.75, 3.05) is 31.5 Å². The van der Waals surface area contributed by atoms with Crippen molar-refractivity contribution in [3.05, 3.63) is 11.1 Å². The summed E-state index contributed by atoms with van der Waals surface area (Å²) in [7, 11) is 3.59. The van der Waals surface area contributed by atoms with Gasteiger partial charge in [-0.05, 0) is 6.92 Å². The number of halogens is 1. The molecule has 1 unspecified atom stereocenters. The van der Waals surface area contributed by atoms with Crippen LogP contribution in [0.25, 0.3) is 0 Å². The summed E-state index contributed by atoms with van der Waals surface area (Å²) < 4.78 is 5.07. The molecule has 0 aliphatic rings. The van der Waals surface area contributed by atoms with E-state index in [4.69, 9.17) is 16.3 Å². The molecular weight excluding hydrogens is 248 g/mol. The van der Waals surface area contributed by atoms with E-state index in [1.807, 2.05) is 18.9 Å². The molecule has 0 saturated carbocycles. The fourth-order valence-corrected chi connectivity index (χ4v) is 2.20. The van der Waals surface area contributed by atoms with Gasteiger partial charge in [-0.25, -0.2) is 4.98 Å². The first-order chi connectivity index (χ1) is 7.60. The number of aromatic nitrogens is 1. The quantitative estimate of drug-likeness (QED) is 0.581. The maximum absolute atomic E-state index is 11.3. The Balaban J connectivity index is 2.73. The first-order valence-corrected chi connectivity index (χ1v) is 6.28. The van der Waals surface area contributed by atoms with Crippen LogP contribution in [0.3, 0.4) is 0 Å². The summed E-state index contributed by atoms with van der Waals surface area (Å²) >= 11 is 6.90. The van der Waals surface area contributed by atoms with Crippen molar-refractivity contribution in [2.24, 2.45) is 0 Å². The van der Waals surface area contributed by atoms with Crippen molar-refractivity contribution in [3.63, 3.8) is 0 Å². The van der Waals surface area contributed by atoms with Gasteiger partial charge in [-0.2, -0.15) is 0 Å². The zero-order chi connectivity index (χ0) is 12.1. The highest BCUT2D eigenvalue weighted by Gasteiger charge is 2.15. The molecule has 90 valence electrons. The van der Waals surface area contributed by atoms with E-state index in [1.165, 1.54) is 11.3 Å². The minimum atomic E-state index is -0.142. The standard InChI is InChI=1S/C10H15ClN2O2S/c1-7(5-15-3)13(2)10-12-8(6-16-10)9(14)4-11/h6-7H,4-5H2,1-3H3. The molecular formula is C10H15ClN2O2S. The average Bonchev–Trinajstić information content (AvgIpc) is 2.76. The number of hydrogen-bond donors (Lipinski definition) is 0. The van der Waals surface area contributed by atoms with Gasteiger partial charge < -0.3 is 9.64 Å². The van der Waals surface area contributed by atoms with Gasteiger partial charge in [0.05, 0.1) is 18.5 Å². The average molecular weight is 263 g/mol. The van der Waals surface area contributed by atoms with Gasteiger partial charge in [0.1, 0.15) is 5.69 Å². The van der Waals surface area contributed by atoms with Crippen LogP contribution in [0.4, 0.5) is 5.13 Å². The summed E-state index contributed by atoms with van der Waals surface area (Å²) in [5.74, 6) is -0.169. The molecule has 1 aromatic heterocycles. The number of rotatable bonds is 6. The molecule has 1 heterocycles. The Labute approximate surface area is 104 Å². The fourth-order valence-electron chi connectivity index (χ4n) is 1.16. The molecule has 4 nitrogen and oxygen atoms in total. The molecule has 16 heavy (non-hydrogen) atoms. The molecule has 0 aliphatic heterocycles. The van der Waals surface area contributed by atoms with E-state index in [2.05, 4.69) is 4.98 Å². The van der Waals surface area contributed by atoms with Gasteiger partial charge >= 0.3 is 0 Å². The Morgan fingerprint density at radius 2 is 2.44 bits per heavy atom. The number of methoxy groups -OCH3 is 1. The highest BCUT2D eigenvalue weighted by atomic mass is 35.5. The van der Waals surface area contributed by atoms with Crippen molar-refractivity contribution >= 4 is 33.9 Å². The van der Waals surface area contributed by atoms with E-state index < -0.39 is 0 Å². The van der Waals surface area contributed by atoms with Gasteiger partial charge in [0, 0.05) is 19.5 Å². The van der Waals surface area contributed by atoms with Crippen LogP contribution >= 0.6 is 22.9 Å². The largest absolute Gasteiger partial charge is 0.383 e. The maximum Gasteiger partial charge on any atom is 0.196 e. The smallest absolute Gasteiger partial charge is 0.196 e. The topological polar surface area (TPSA) is 42.4 Å². The van der Waals surface area contributed by atoms with Gasteiger partial charge in [-0.3, -0.25) is 4.79 Å². The van der Waals surface area contributed by atoms with Crippen molar-refractivity contribution in [3.8, 4) is 0 Å². The lowest BCUT2D eigenvalue weighted by Crippen LogP contribution is -2.32. The number of carbonyl (C=O) groups excluding carboxylic acids is 1. The van der Waals surface area contributed by atoms with Crippen molar-refractivity contribution in [2.45, 2.75) is 13.0 Å². The highest BCUT2D eigenvalue weighted by molar-refractivity contribution is 7.14. The number of likely N-dealkylation sites (N-methyl/N-ethyl adjacent to an activating group) is 1. The van der Waals surface area contributed by atoms with E-state index in [9.17, 15) is 4.79 Å². The highest BCUT2D eigenvalue weighted by Crippen LogP contribution is 2.21. The molecule has 0 saturated heterocycles. The lowest BCUT2D eigenvalue weighted by molar-refractivity contribution is 0.101. The summed E-state index contributed by atoms with van der Waals surface area (Å²) in [5.41, 5.74) is 0.437. The number of Topliss-reactive ketones (excluding diaryl/α,β-unsaturated/α-hetero) is 1. The van der Waals surface area contributed by atoms with E-state index in [1.54, 1.807) is 12.5 Å². The number of anilines is 1. The third-order valence-corrected chi connectivity index (χ3v) is 3.44. The van der Waals surface area contributed by atoms with Gasteiger partial charge in [-0.1, -0.05) is 0 Å². The summed E-state index contributed by atoms with van der Waals surface area (Å²) in [4.78, 5) is 17.5. The summed E-state index contributed by atoms with van der Waals surface area (Å²) in [6.07, 6.45) is 0. The maximum atomic E-state index is 11.3. The summed E-state index contributed by atoms with van der Waals surface area (Å²) in [6, 6.07) is 0.218. The lowest BCUT2D eigenvalue weighted by Gasteiger charge is -2.23. The number of carbonyl (C=O) groups is 1. The molecule has 1 atom stereocenters. The van der Waals surface area contributed by atoms with Crippen molar-refractivity contribution in [1.29, 1.82) is 0 Å². The molecule has 1 rings (SSSR count). The van der Waals surface area contributed by atoms with Crippen LogP contribution in [-0.4, -0.2) is 43.5 Å². The Morgan fingerprint density at radius 3 is 3.00 bits per heavy atom. The molecule has 6 heteroatoms. The van der Waals surface area contributed by atoms with Crippen LogP contribution < -0.4 is 4.90 Å². The van der Waals surface area contributed by atoms with Crippen molar-refractivity contribution < 1.29 is 9.53 Å². The third kappa shape index (κ3) is 3.17. The van der Waals surface area contributed by atoms with Crippen molar-refractivity contribution in [1.82, 2.24) is 4.98 Å². The predicted octanol–water partition coefficient (Wildman–Crippen LogP) is 2.04. The second-order valence-corrected chi connectivity index (χ2v) is 4.59. The molecule has 0 amide bonds. The van der Waals surface area contributed by atoms with Gasteiger partial charge in [-0.15, -0.1) is 22.9 Å². The molecule has 0 radical (unpaired) electrons. The van der Waals surface area contributed by atoms with Crippen LogP contribution in [0, 0.1) is 0 Å². The number of hydrogen-bond acceptors (Lipinski definition) is 5. The second kappa shape index (κ2) is 6.18. The first kappa shape index (κ1) is 13.4. The Morgan fingerprint density at radius 1 is 1.75 bits per heavy atom. The second-order valence-electron chi connectivity index (χ2n) is 3.49. The van der Waals surface area contributed by atoms with Gasteiger partial charge in [0.25, 0.3) is 0 Å². The minimum Gasteiger partial charge on any atom is -0.383 e. The van der Waals surface area contributed by atoms with E-state index in [0.717, 1.165) is 5.13 Å². The molecule has 1 aromatic rings. The lowest BCUT2D eigenvalue weighted by atomic mass is 10.3. The number of ketones is 1. The Bertz CT molecular complexity index is 356. The molecule has 0 aromatic carbocycles. The van der Waals surface area contributed by atoms with Crippen LogP contribution in [0.15, 0.2) is 5.38 Å². The van der Waals surface area contributed by atoms with Crippen LogP contribution in [0.1, 0.15) is 17.4 Å². The van der Waals surface area contributed by atoms with E-state index in [-0.39, 0.29) is 17.7 Å². The summed E-state index contributed by atoms with van der Waals surface area (Å²) in [6.45, 7) is 2.66.